The average Bonchev–Trinajstić information content (AvgIpc) is 3.57. The fraction of sp³-hybridized carbons (Fsp3) is 0.348. The second-order valence-electron chi connectivity index (χ2n) is 8.38. The van der Waals surface area contributed by atoms with Gasteiger partial charge in [0, 0.05) is 42.3 Å². The molecule has 2 fully saturated rings. The first-order valence-electron chi connectivity index (χ1n) is 11.1. The van der Waals surface area contributed by atoms with Crippen molar-refractivity contribution in [3.63, 3.8) is 0 Å². The number of imidazole rings is 1. The third kappa shape index (κ3) is 3.49. The Balaban J connectivity index is 1.32. The highest BCUT2D eigenvalue weighted by Crippen LogP contribution is 2.29. The first kappa shape index (κ1) is 19.3. The van der Waals surface area contributed by atoms with Crippen LogP contribution in [0.2, 0.25) is 0 Å². The first-order chi connectivity index (χ1) is 15.7. The number of hydrogen-bond acceptors (Lipinski definition) is 6. The largest absolute Gasteiger partial charge is 0.378 e. The molecular weight excluding hydrogens is 406 g/mol. The number of hydrogen-bond donors (Lipinski definition) is 4. The number of carbonyl (C=O) groups excluding carboxylic acids is 1. The van der Waals surface area contributed by atoms with Gasteiger partial charge in [0.15, 0.2) is 5.82 Å². The van der Waals surface area contributed by atoms with E-state index in [0.717, 1.165) is 73.4 Å². The zero-order chi connectivity index (χ0) is 21.5. The Bertz CT molecular complexity index is 1280. The van der Waals surface area contributed by atoms with E-state index >= 15 is 0 Å². The molecule has 4 heterocycles. The molecule has 6 rings (SSSR count). The zero-order valence-corrected chi connectivity index (χ0v) is 17.6. The molecule has 0 unspecified atom stereocenters. The number of anilines is 1. The molecule has 164 valence electrons. The Morgan fingerprint density at radius 3 is 2.88 bits per heavy atom. The molecule has 0 saturated carbocycles. The lowest BCUT2D eigenvalue weighted by Gasteiger charge is -2.28. The SMILES string of the molecule is O=C(N[C@H]1CCNC1)c1ccc2[nH]nc(-c3nc4ccc(N5CCOCC5)cc4[nH]3)c2c1. The van der Waals surface area contributed by atoms with Crippen molar-refractivity contribution >= 4 is 33.5 Å². The van der Waals surface area contributed by atoms with Crippen LogP contribution in [0.5, 0.6) is 0 Å². The number of nitrogens with zero attached hydrogens (tertiary/aromatic N) is 3. The van der Waals surface area contributed by atoms with Gasteiger partial charge in [0.05, 0.1) is 29.8 Å². The summed E-state index contributed by atoms with van der Waals surface area (Å²) in [6.07, 6.45) is 0.955. The van der Waals surface area contributed by atoms with Crippen LogP contribution in [-0.2, 0) is 4.74 Å². The fourth-order valence-electron chi connectivity index (χ4n) is 4.51. The lowest BCUT2D eigenvalue weighted by molar-refractivity contribution is 0.0940. The highest BCUT2D eigenvalue weighted by Gasteiger charge is 2.20. The molecule has 1 atom stereocenters. The number of H-pyrrole nitrogens is 2. The number of carbonyl (C=O) groups is 1. The molecule has 1 amide bonds. The lowest BCUT2D eigenvalue weighted by Crippen LogP contribution is -2.36. The van der Waals surface area contributed by atoms with E-state index in [0.29, 0.717) is 17.1 Å². The minimum atomic E-state index is -0.0625. The summed E-state index contributed by atoms with van der Waals surface area (Å²) in [6.45, 7) is 5.03. The predicted octanol–water partition coefficient (Wildman–Crippen LogP) is 2.03. The van der Waals surface area contributed by atoms with E-state index in [-0.39, 0.29) is 11.9 Å². The molecular formula is C23H25N7O2. The third-order valence-corrected chi connectivity index (χ3v) is 6.29. The maximum absolute atomic E-state index is 12.7. The van der Waals surface area contributed by atoms with Crippen molar-refractivity contribution < 1.29 is 9.53 Å². The maximum Gasteiger partial charge on any atom is 0.251 e. The Morgan fingerprint density at radius 2 is 2.03 bits per heavy atom. The van der Waals surface area contributed by atoms with E-state index in [1.807, 2.05) is 24.3 Å². The first-order valence-corrected chi connectivity index (χ1v) is 11.1. The molecule has 2 aliphatic rings. The van der Waals surface area contributed by atoms with Crippen LogP contribution in [-0.4, -0.2) is 71.5 Å². The van der Waals surface area contributed by atoms with E-state index in [4.69, 9.17) is 9.72 Å². The Labute approximate surface area is 184 Å². The standard InChI is InChI=1S/C23H25N7O2/c31-23(25-15-5-6-24-13-15)14-1-3-18-17(11-14)21(29-28-18)22-26-19-4-2-16(12-20(19)27-22)30-7-9-32-10-8-30/h1-4,11-12,15,24H,5-10,13H2,(H,25,31)(H,26,27)(H,28,29)/t15-/m0/s1. The smallest absolute Gasteiger partial charge is 0.251 e. The normalized spacial score (nSPS) is 19.1. The molecule has 0 bridgehead atoms. The molecule has 2 saturated heterocycles. The van der Waals surface area contributed by atoms with Crippen LogP contribution in [0.3, 0.4) is 0 Å². The van der Waals surface area contributed by atoms with Gasteiger partial charge in [-0.25, -0.2) is 4.98 Å². The minimum absolute atomic E-state index is 0.0625. The zero-order valence-electron chi connectivity index (χ0n) is 17.6. The van der Waals surface area contributed by atoms with Crippen LogP contribution >= 0.6 is 0 Å². The highest BCUT2D eigenvalue weighted by atomic mass is 16.5. The number of benzene rings is 2. The number of aromatic nitrogens is 4. The predicted molar refractivity (Wildman–Crippen MR) is 123 cm³/mol. The van der Waals surface area contributed by atoms with E-state index in [9.17, 15) is 4.79 Å². The monoisotopic (exact) mass is 431 g/mol. The Kier molecular flexibility index (Phi) is 4.77. The number of rotatable bonds is 4. The van der Waals surface area contributed by atoms with Crippen molar-refractivity contribution in [2.75, 3.05) is 44.3 Å². The number of amides is 1. The van der Waals surface area contributed by atoms with Gasteiger partial charge in [-0.15, -0.1) is 0 Å². The number of fused-ring (bicyclic) bond motifs is 2. The van der Waals surface area contributed by atoms with E-state index in [1.165, 1.54) is 0 Å². The van der Waals surface area contributed by atoms with Gasteiger partial charge in [0.25, 0.3) is 5.91 Å². The van der Waals surface area contributed by atoms with Gasteiger partial charge in [-0.3, -0.25) is 9.89 Å². The number of ether oxygens (including phenoxy) is 1. The van der Waals surface area contributed by atoms with Gasteiger partial charge in [0.2, 0.25) is 0 Å². The molecule has 2 aromatic heterocycles. The Hall–Kier alpha value is -3.43. The van der Waals surface area contributed by atoms with Crippen LogP contribution < -0.4 is 15.5 Å². The Morgan fingerprint density at radius 1 is 1.12 bits per heavy atom. The van der Waals surface area contributed by atoms with E-state index < -0.39 is 0 Å². The van der Waals surface area contributed by atoms with Gasteiger partial charge in [-0.1, -0.05) is 0 Å². The maximum atomic E-state index is 12.7. The van der Waals surface area contributed by atoms with Crippen molar-refractivity contribution in [2.24, 2.45) is 0 Å². The number of aromatic amines is 2. The summed E-state index contributed by atoms with van der Waals surface area (Å²) < 4.78 is 5.46. The van der Waals surface area contributed by atoms with E-state index in [2.05, 4.69) is 42.8 Å². The molecule has 4 aromatic rings. The quantitative estimate of drug-likeness (QED) is 0.394. The van der Waals surface area contributed by atoms with Crippen molar-refractivity contribution in [1.29, 1.82) is 0 Å². The van der Waals surface area contributed by atoms with Crippen molar-refractivity contribution in [3.8, 4) is 11.5 Å². The molecule has 9 nitrogen and oxygen atoms in total. The lowest BCUT2D eigenvalue weighted by atomic mass is 10.1. The van der Waals surface area contributed by atoms with Crippen LogP contribution in [0, 0.1) is 0 Å². The van der Waals surface area contributed by atoms with Gasteiger partial charge >= 0.3 is 0 Å². The minimum Gasteiger partial charge on any atom is -0.378 e. The number of nitrogens with one attached hydrogen (secondary N) is 4. The summed E-state index contributed by atoms with van der Waals surface area (Å²) >= 11 is 0. The van der Waals surface area contributed by atoms with Crippen molar-refractivity contribution in [3.05, 3.63) is 42.0 Å². The fourth-order valence-corrected chi connectivity index (χ4v) is 4.51. The summed E-state index contributed by atoms with van der Waals surface area (Å²) in [4.78, 5) is 23.2. The topological polar surface area (TPSA) is 111 Å². The summed E-state index contributed by atoms with van der Waals surface area (Å²) in [5.41, 5.74) is 5.20. The van der Waals surface area contributed by atoms with Crippen LogP contribution in [0.4, 0.5) is 5.69 Å². The third-order valence-electron chi connectivity index (χ3n) is 6.29. The number of morpholine rings is 1. The molecule has 0 aliphatic carbocycles. The average molecular weight is 432 g/mol. The molecule has 32 heavy (non-hydrogen) atoms. The summed E-state index contributed by atoms with van der Waals surface area (Å²) in [5.74, 6) is 0.621. The van der Waals surface area contributed by atoms with Crippen LogP contribution in [0.15, 0.2) is 36.4 Å². The molecule has 9 heteroatoms. The van der Waals surface area contributed by atoms with Crippen LogP contribution in [0.25, 0.3) is 33.5 Å². The van der Waals surface area contributed by atoms with Gasteiger partial charge < -0.3 is 25.3 Å². The van der Waals surface area contributed by atoms with Gasteiger partial charge in [-0.05, 0) is 49.4 Å². The second kappa shape index (κ2) is 7.92. The van der Waals surface area contributed by atoms with Gasteiger partial charge in [-0.2, -0.15) is 5.10 Å². The van der Waals surface area contributed by atoms with Crippen molar-refractivity contribution in [2.45, 2.75) is 12.5 Å². The molecule has 4 N–H and O–H groups in total. The highest BCUT2D eigenvalue weighted by molar-refractivity contribution is 6.01. The molecule has 2 aromatic carbocycles. The second-order valence-corrected chi connectivity index (χ2v) is 8.38. The molecule has 0 radical (unpaired) electrons. The summed E-state index contributed by atoms with van der Waals surface area (Å²) in [7, 11) is 0. The van der Waals surface area contributed by atoms with Crippen molar-refractivity contribution in [1.82, 2.24) is 30.8 Å². The molecule has 0 spiro atoms. The summed E-state index contributed by atoms with van der Waals surface area (Å²) in [6, 6.07) is 12.0. The van der Waals surface area contributed by atoms with Crippen LogP contribution in [0.1, 0.15) is 16.8 Å². The van der Waals surface area contributed by atoms with Gasteiger partial charge in [0.1, 0.15) is 5.69 Å². The van der Waals surface area contributed by atoms with E-state index in [1.54, 1.807) is 0 Å². The summed E-state index contributed by atoms with van der Waals surface area (Å²) in [5, 5.41) is 14.8. The molecule has 2 aliphatic heterocycles.